The summed E-state index contributed by atoms with van der Waals surface area (Å²) >= 11 is 1.88. The molecule has 9 nitrogen and oxygen atoms in total. The molecule has 0 saturated carbocycles. The van der Waals surface area contributed by atoms with Gasteiger partial charge in [0.05, 0.1) is 18.0 Å². The Labute approximate surface area is 286 Å². The molecule has 12 heteroatoms. The Hall–Kier alpha value is -1.15. The molecule has 6 atom stereocenters. The lowest BCUT2D eigenvalue weighted by Gasteiger charge is -2.37. The Bertz CT molecular complexity index is 1120. The third kappa shape index (κ3) is 10.2. The number of rotatable bonds is 12. The van der Waals surface area contributed by atoms with Crippen LogP contribution in [-0.2, 0) is 18.9 Å². The molecular weight excluding hydrogens is 637 g/mol. The summed E-state index contributed by atoms with van der Waals surface area (Å²) in [4.78, 5) is 9.80. The number of halogens is 2. The van der Waals surface area contributed by atoms with Crippen LogP contribution in [0.1, 0.15) is 41.0 Å². The highest BCUT2D eigenvalue weighted by Gasteiger charge is 2.56. The van der Waals surface area contributed by atoms with Gasteiger partial charge < -0.3 is 39.0 Å². The van der Waals surface area contributed by atoms with Gasteiger partial charge in [-0.3, -0.25) is 4.90 Å². The van der Waals surface area contributed by atoms with Crippen molar-refractivity contribution in [3.8, 4) is 0 Å². The minimum atomic E-state index is -1.01. The fraction of sp³-hybridized carbons (Fsp3) is 0.636. The van der Waals surface area contributed by atoms with Crippen LogP contribution < -0.4 is 4.90 Å². The van der Waals surface area contributed by atoms with Gasteiger partial charge in [0.2, 0.25) is 0 Å². The normalized spacial score (nSPS) is 24.0. The second-order valence-corrected chi connectivity index (χ2v) is 13.1. The summed E-state index contributed by atoms with van der Waals surface area (Å²) < 4.78 is 23.0. The first kappa shape index (κ1) is 40.0. The predicted molar refractivity (Wildman–Crippen MR) is 186 cm³/mol. The molecule has 0 spiro atoms. The van der Waals surface area contributed by atoms with Crippen LogP contribution in [0.2, 0.25) is 0 Å². The van der Waals surface area contributed by atoms with E-state index in [4.69, 9.17) is 24.1 Å². The molecule has 0 amide bonds. The Balaban J connectivity index is 0.000000301. The van der Waals surface area contributed by atoms with Crippen LogP contribution in [0.15, 0.2) is 58.3 Å². The number of likely N-dealkylation sites (N-methyl/N-ethyl adjacent to an activating group) is 1. The minimum Gasteiger partial charge on any atom is -0.394 e. The van der Waals surface area contributed by atoms with Crippen LogP contribution in [0.25, 0.3) is 0 Å². The van der Waals surface area contributed by atoms with Gasteiger partial charge in [-0.2, -0.15) is 0 Å². The number of para-hydroxylation sites is 2. The van der Waals surface area contributed by atoms with Crippen molar-refractivity contribution in [1.29, 1.82) is 0 Å². The summed E-state index contributed by atoms with van der Waals surface area (Å²) in [7, 11) is 4.01. The van der Waals surface area contributed by atoms with Crippen molar-refractivity contribution in [3.63, 3.8) is 0 Å². The Morgan fingerprint density at radius 1 is 0.978 bits per heavy atom. The van der Waals surface area contributed by atoms with Crippen molar-refractivity contribution in [2.45, 2.75) is 93.4 Å². The molecule has 3 aliphatic heterocycles. The van der Waals surface area contributed by atoms with E-state index in [1.165, 1.54) is 21.2 Å². The van der Waals surface area contributed by atoms with E-state index >= 15 is 0 Å². The van der Waals surface area contributed by atoms with Crippen LogP contribution in [0.5, 0.6) is 0 Å². The molecule has 2 N–H and O–H groups in total. The van der Waals surface area contributed by atoms with Gasteiger partial charge in [-0.25, -0.2) is 0 Å². The average molecular weight is 691 g/mol. The van der Waals surface area contributed by atoms with Crippen molar-refractivity contribution in [2.75, 3.05) is 58.4 Å². The predicted octanol–water partition coefficient (Wildman–Crippen LogP) is 5.42. The number of aliphatic hydroxyl groups is 2. The standard InChI is InChI=1S/C19H24N2S.C14H27NO6.2ClH/c1-4-20(5-2)15(3)14-21-16-10-6-8-12-18(16)22-19-13-9-7-11-17(19)21;1-14(2)20-12-11(18-7-5-6-15(3)4)10(9(17)8-16)19-13(12)21-14;;/h6-13,15H,4-5,14H2,1-3H3;9-13,16-17H,5-8H2,1-4H3;2*1H. The van der Waals surface area contributed by atoms with Crippen LogP contribution in [0.3, 0.4) is 0 Å². The molecule has 2 saturated heterocycles. The maximum Gasteiger partial charge on any atom is 0.190 e. The van der Waals surface area contributed by atoms with E-state index < -0.39 is 30.4 Å². The van der Waals surface area contributed by atoms with Gasteiger partial charge in [-0.05, 0) is 85.2 Å². The highest BCUT2D eigenvalue weighted by Crippen LogP contribution is 2.48. The van der Waals surface area contributed by atoms with Crippen molar-refractivity contribution < 1.29 is 29.2 Å². The van der Waals surface area contributed by atoms with E-state index in [1.807, 2.05) is 39.7 Å². The average Bonchev–Trinajstić information content (AvgIpc) is 3.47. The lowest BCUT2D eigenvalue weighted by atomic mass is 10.1. The second-order valence-electron chi connectivity index (χ2n) is 12.0. The molecule has 0 aromatic heterocycles. The molecule has 0 bridgehead atoms. The fourth-order valence-electron chi connectivity index (χ4n) is 5.91. The van der Waals surface area contributed by atoms with Crippen LogP contribution in [0.4, 0.5) is 11.4 Å². The van der Waals surface area contributed by atoms with E-state index in [1.54, 1.807) is 0 Å². The van der Waals surface area contributed by atoms with E-state index in [9.17, 15) is 5.11 Å². The molecule has 5 rings (SSSR count). The zero-order valence-corrected chi connectivity index (χ0v) is 30.1. The zero-order chi connectivity index (χ0) is 31.1. The molecule has 3 aliphatic rings. The topological polar surface area (TPSA) is 87.1 Å². The first-order chi connectivity index (χ1) is 20.6. The Kier molecular flexibility index (Phi) is 16.4. The van der Waals surface area contributed by atoms with E-state index in [0.717, 1.165) is 32.6 Å². The van der Waals surface area contributed by atoms with Gasteiger partial charge in [0.15, 0.2) is 12.1 Å². The summed E-state index contributed by atoms with van der Waals surface area (Å²) in [5.41, 5.74) is 2.68. The monoisotopic (exact) mass is 689 g/mol. The van der Waals surface area contributed by atoms with Gasteiger partial charge in [0, 0.05) is 29.0 Å². The van der Waals surface area contributed by atoms with Gasteiger partial charge >= 0.3 is 0 Å². The highest BCUT2D eigenvalue weighted by molar-refractivity contribution is 7.99. The molecule has 6 unspecified atom stereocenters. The van der Waals surface area contributed by atoms with Crippen LogP contribution >= 0.6 is 36.6 Å². The SMILES string of the molecule is CCN(CC)C(C)CN1c2ccccc2Sc2ccccc21.CN(C)CCCOC1C(C(O)CO)OC2OC(C)(C)OC21.Cl.Cl. The third-order valence-corrected chi connectivity index (χ3v) is 9.20. The number of hydrogen-bond donors (Lipinski definition) is 2. The Morgan fingerprint density at radius 2 is 1.56 bits per heavy atom. The molecule has 2 aromatic carbocycles. The lowest BCUT2D eigenvalue weighted by molar-refractivity contribution is -0.231. The second kappa shape index (κ2) is 18.4. The number of fused-ring (bicyclic) bond motifs is 3. The number of ether oxygens (including phenoxy) is 4. The smallest absolute Gasteiger partial charge is 0.190 e. The van der Waals surface area contributed by atoms with E-state index in [0.29, 0.717) is 12.6 Å². The third-order valence-electron chi connectivity index (χ3n) is 8.07. The largest absolute Gasteiger partial charge is 0.394 e. The maximum atomic E-state index is 9.88. The van der Waals surface area contributed by atoms with E-state index in [2.05, 4.69) is 84.0 Å². The van der Waals surface area contributed by atoms with Gasteiger partial charge in [-0.1, -0.05) is 49.9 Å². The van der Waals surface area contributed by atoms with Crippen molar-refractivity contribution in [1.82, 2.24) is 9.80 Å². The van der Waals surface area contributed by atoms with Crippen molar-refractivity contribution in [2.24, 2.45) is 0 Å². The lowest BCUT2D eigenvalue weighted by Crippen LogP contribution is -2.44. The quantitative estimate of drug-likeness (QED) is 0.282. The van der Waals surface area contributed by atoms with Crippen LogP contribution in [0, 0.1) is 0 Å². The minimum absolute atomic E-state index is 0. The summed E-state index contributed by atoms with van der Waals surface area (Å²) in [6.45, 7) is 14.7. The summed E-state index contributed by atoms with van der Waals surface area (Å²) in [6.07, 6.45) is -2.17. The van der Waals surface area contributed by atoms with Crippen molar-refractivity contribution >= 4 is 48.0 Å². The van der Waals surface area contributed by atoms with Gasteiger partial charge in [0.25, 0.3) is 0 Å². The molecule has 256 valence electrons. The molecule has 45 heavy (non-hydrogen) atoms. The molecule has 0 radical (unpaired) electrons. The Morgan fingerprint density at radius 3 is 2.09 bits per heavy atom. The fourth-order valence-corrected chi connectivity index (χ4v) is 7.01. The van der Waals surface area contributed by atoms with Crippen molar-refractivity contribution in [3.05, 3.63) is 48.5 Å². The first-order valence-corrected chi connectivity index (χ1v) is 16.3. The number of anilines is 2. The molecular formula is C33H53Cl2N3O6S. The molecule has 2 fully saturated rings. The molecule has 3 heterocycles. The number of hydrogen-bond acceptors (Lipinski definition) is 10. The number of nitrogens with zero attached hydrogens (tertiary/aromatic N) is 3. The zero-order valence-electron chi connectivity index (χ0n) is 27.6. The van der Waals surface area contributed by atoms with Crippen LogP contribution in [-0.4, -0.2) is 116 Å². The highest BCUT2D eigenvalue weighted by atomic mass is 35.5. The summed E-state index contributed by atoms with van der Waals surface area (Å²) in [5, 5.41) is 19.0. The maximum absolute atomic E-state index is 9.88. The molecule has 0 aliphatic carbocycles. The number of benzene rings is 2. The first-order valence-electron chi connectivity index (χ1n) is 15.5. The number of aliphatic hydroxyl groups excluding tert-OH is 2. The summed E-state index contributed by atoms with van der Waals surface area (Å²) in [5.74, 6) is -0.726. The van der Waals surface area contributed by atoms with Gasteiger partial charge in [0.1, 0.15) is 24.4 Å². The summed E-state index contributed by atoms with van der Waals surface area (Å²) in [6, 6.07) is 18.0. The molecule has 2 aromatic rings. The van der Waals surface area contributed by atoms with E-state index in [-0.39, 0.29) is 37.5 Å². The van der Waals surface area contributed by atoms with Gasteiger partial charge in [-0.15, -0.1) is 24.8 Å².